The number of nitrogens with one attached hydrogen (secondary N) is 1. The Hall–Kier alpha value is -4.24. The standard InChI is InChI=1S/C28H25NO7S.C2H6.CH4/c1-33-22-12-18(13-23(16-22)34-2)14-24(27(31)35-3)19-6-10-21(11-7-19)36-20-8-4-17(5-9-20)15-25-26(30)29-28(32)37-25;1-2;/h4-14,16,25H,15H2,1-3H3,(H,29,30,32);1-2H3;1H4/b24-14+;;. The fourth-order valence-electron chi connectivity index (χ4n) is 3.72. The van der Waals surface area contributed by atoms with E-state index in [2.05, 4.69) is 5.32 Å². The number of hydrogen-bond acceptors (Lipinski definition) is 8. The van der Waals surface area contributed by atoms with E-state index in [0.717, 1.165) is 22.9 Å². The van der Waals surface area contributed by atoms with Crippen molar-refractivity contribution < 1.29 is 33.3 Å². The van der Waals surface area contributed by atoms with Crippen LogP contribution in [0.1, 0.15) is 38.0 Å². The van der Waals surface area contributed by atoms with Gasteiger partial charge in [0.2, 0.25) is 5.91 Å². The molecule has 1 atom stereocenters. The van der Waals surface area contributed by atoms with Gasteiger partial charge in [-0.15, -0.1) is 0 Å². The van der Waals surface area contributed by atoms with Gasteiger partial charge in [-0.2, -0.15) is 0 Å². The average molecular weight is 566 g/mol. The lowest BCUT2D eigenvalue weighted by molar-refractivity contribution is -0.133. The van der Waals surface area contributed by atoms with Gasteiger partial charge in [-0.25, -0.2) is 4.79 Å². The van der Waals surface area contributed by atoms with Gasteiger partial charge in [0.1, 0.15) is 23.0 Å². The first-order valence-corrected chi connectivity index (χ1v) is 13.2. The maximum Gasteiger partial charge on any atom is 0.338 e. The molecule has 1 unspecified atom stereocenters. The highest BCUT2D eigenvalue weighted by Gasteiger charge is 2.31. The van der Waals surface area contributed by atoms with Crippen LogP contribution in [0.4, 0.5) is 4.79 Å². The molecule has 0 aliphatic carbocycles. The van der Waals surface area contributed by atoms with Gasteiger partial charge in [0, 0.05) is 6.07 Å². The Kier molecular flexibility index (Phi) is 12.3. The van der Waals surface area contributed by atoms with Crippen molar-refractivity contribution >= 4 is 40.5 Å². The number of methoxy groups -OCH3 is 3. The first-order valence-electron chi connectivity index (χ1n) is 12.3. The molecule has 1 fully saturated rings. The molecule has 3 aromatic carbocycles. The molecule has 1 saturated heterocycles. The van der Waals surface area contributed by atoms with Crippen molar-refractivity contribution in [2.45, 2.75) is 32.9 Å². The number of hydrogen-bond donors (Lipinski definition) is 1. The van der Waals surface area contributed by atoms with Crippen molar-refractivity contribution in [3.63, 3.8) is 0 Å². The molecule has 0 spiro atoms. The first-order chi connectivity index (χ1) is 18.9. The van der Waals surface area contributed by atoms with Crippen LogP contribution in [-0.4, -0.2) is 43.7 Å². The molecule has 40 heavy (non-hydrogen) atoms. The number of carbonyl (C=O) groups is 3. The lowest BCUT2D eigenvalue weighted by Gasteiger charge is -2.11. The van der Waals surface area contributed by atoms with Gasteiger partial charge < -0.3 is 18.9 Å². The summed E-state index contributed by atoms with van der Waals surface area (Å²) in [6.45, 7) is 4.00. The summed E-state index contributed by atoms with van der Waals surface area (Å²) in [5.74, 6) is 1.65. The molecular weight excluding hydrogens is 530 g/mol. The third-order valence-corrected chi connectivity index (χ3v) is 6.58. The zero-order chi connectivity index (χ0) is 28.4. The van der Waals surface area contributed by atoms with E-state index in [1.54, 1.807) is 74.9 Å². The van der Waals surface area contributed by atoms with Crippen LogP contribution < -0.4 is 19.5 Å². The third kappa shape index (κ3) is 8.38. The second-order valence-electron chi connectivity index (χ2n) is 8.05. The predicted octanol–water partition coefficient (Wildman–Crippen LogP) is 6.77. The van der Waals surface area contributed by atoms with Crippen molar-refractivity contribution in [3.05, 3.63) is 83.4 Å². The molecule has 3 aromatic rings. The summed E-state index contributed by atoms with van der Waals surface area (Å²) in [5, 5.41) is 1.57. The monoisotopic (exact) mass is 565 g/mol. The number of amides is 2. The van der Waals surface area contributed by atoms with Crippen LogP contribution in [0.3, 0.4) is 0 Å². The maximum absolute atomic E-state index is 12.6. The molecule has 9 heteroatoms. The Morgan fingerprint density at radius 2 is 1.40 bits per heavy atom. The Morgan fingerprint density at radius 3 is 1.88 bits per heavy atom. The van der Waals surface area contributed by atoms with Crippen LogP contribution in [0.5, 0.6) is 23.0 Å². The summed E-state index contributed by atoms with van der Waals surface area (Å²) in [7, 11) is 4.45. The van der Waals surface area contributed by atoms with Crippen LogP contribution in [0.2, 0.25) is 0 Å². The highest BCUT2D eigenvalue weighted by Crippen LogP contribution is 2.29. The van der Waals surface area contributed by atoms with E-state index in [9.17, 15) is 14.4 Å². The summed E-state index contributed by atoms with van der Waals surface area (Å²) < 4.78 is 21.6. The van der Waals surface area contributed by atoms with Crippen LogP contribution in [-0.2, 0) is 20.7 Å². The minimum Gasteiger partial charge on any atom is -0.497 e. The maximum atomic E-state index is 12.6. The van der Waals surface area contributed by atoms with E-state index in [-0.39, 0.29) is 18.6 Å². The largest absolute Gasteiger partial charge is 0.497 e. The normalized spacial score (nSPS) is 14.2. The fourth-order valence-corrected chi connectivity index (χ4v) is 4.58. The summed E-state index contributed by atoms with van der Waals surface area (Å²) in [6, 6.07) is 19.7. The number of imide groups is 1. The van der Waals surface area contributed by atoms with Gasteiger partial charge in [-0.05, 0) is 65.6 Å². The molecule has 1 aliphatic heterocycles. The van der Waals surface area contributed by atoms with Gasteiger partial charge in [0.15, 0.2) is 0 Å². The van der Waals surface area contributed by atoms with Gasteiger partial charge in [-0.1, -0.05) is 57.3 Å². The quantitative estimate of drug-likeness (QED) is 0.172. The molecule has 8 nitrogen and oxygen atoms in total. The number of rotatable bonds is 9. The number of thioether (sulfide) groups is 1. The number of benzene rings is 3. The van der Waals surface area contributed by atoms with Crippen molar-refractivity contribution in [2.24, 2.45) is 0 Å². The van der Waals surface area contributed by atoms with Crippen LogP contribution >= 0.6 is 11.8 Å². The van der Waals surface area contributed by atoms with Gasteiger partial charge in [0.05, 0.1) is 32.2 Å². The molecule has 1 N–H and O–H groups in total. The number of carbonyl (C=O) groups excluding carboxylic acids is 3. The minimum atomic E-state index is -0.484. The highest BCUT2D eigenvalue weighted by atomic mass is 32.2. The lowest BCUT2D eigenvalue weighted by atomic mass is 10.0. The van der Waals surface area contributed by atoms with Crippen molar-refractivity contribution in [1.82, 2.24) is 5.32 Å². The summed E-state index contributed by atoms with van der Waals surface area (Å²) in [4.78, 5) is 35.7. The second kappa shape index (κ2) is 15.4. The van der Waals surface area contributed by atoms with Gasteiger partial charge >= 0.3 is 5.97 Å². The smallest absolute Gasteiger partial charge is 0.338 e. The summed E-state index contributed by atoms with van der Waals surface area (Å²) >= 11 is 1.01. The zero-order valence-corrected chi connectivity index (χ0v) is 23.3. The van der Waals surface area contributed by atoms with E-state index >= 15 is 0 Å². The molecule has 2 amide bonds. The van der Waals surface area contributed by atoms with Crippen LogP contribution in [0.15, 0.2) is 66.7 Å². The Labute approximate surface area is 239 Å². The van der Waals surface area contributed by atoms with E-state index in [4.69, 9.17) is 18.9 Å². The number of ether oxygens (including phenoxy) is 4. The molecule has 1 heterocycles. The predicted molar refractivity (Wildman–Crippen MR) is 159 cm³/mol. The summed E-state index contributed by atoms with van der Waals surface area (Å²) in [6.07, 6.45) is 2.17. The van der Waals surface area contributed by atoms with Crippen molar-refractivity contribution in [3.8, 4) is 23.0 Å². The molecule has 1 aliphatic rings. The van der Waals surface area contributed by atoms with E-state index < -0.39 is 11.2 Å². The summed E-state index contributed by atoms with van der Waals surface area (Å²) in [5.41, 5.74) is 2.65. The number of esters is 1. The highest BCUT2D eigenvalue weighted by molar-refractivity contribution is 8.15. The molecule has 212 valence electrons. The minimum absolute atomic E-state index is 0. The molecule has 0 saturated carbocycles. The van der Waals surface area contributed by atoms with Crippen molar-refractivity contribution in [2.75, 3.05) is 21.3 Å². The zero-order valence-electron chi connectivity index (χ0n) is 22.5. The fraction of sp³-hybridized carbons (Fsp3) is 0.258. The Morgan fingerprint density at radius 1 is 0.850 bits per heavy atom. The third-order valence-electron chi connectivity index (χ3n) is 5.60. The molecule has 0 bridgehead atoms. The van der Waals surface area contributed by atoms with E-state index in [1.165, 1.54) is 7.11 Å². The molecule has 4 rings (SSSR count). The first kappa shape index (κ1) is 32.0. The molecule has 0 radical (unpaired) electrons. The van der Waals surface area contributed by atoms with Crippen molar-refractivity contribution in [1.29, 1.82) is 0 Å². The SMILES string of the molecule is C.CC.COC(=O)/C(=C/c1cc(OC)cc(OC)c1)c1ccc(Oc2ccc(CC3SC(=O)NC3=O)cc2)cc1. The molecular formula is C31H35NO7S. The van der Waals surface area contributed by atoms with Crippen LogP contribution in [0.25, 0.3) is 11.6 Å². The van der Waals surface area contributed by atoms with Gasteiger partial charge in [0.25, 0.3) is 5.24 Å². The second-order valence-corrected chi connectivity index (χ2v) is 9.23. The van der Waals surface area contributed by atoms with Gasteiger partial charge in [-0.3, -0.25) is 14.9 Å². The Balaban J connectivity index is 0.00000183. The topological polar surface area (TPSA) is 100 Å². The van der Waals surface area contributed by atoms with E-state index in [0.29, 0.717) is 40.6 Å². The van der Waals surface area contributed by atoms with E-state index in [1.807, 2.05) is 26.0 Å². The van der Waals surface area contributed by atoms with Crippen LogP contribution in [0, 0.1) is 0 Å². The average Bonchev–Trinajstić information content (AvgIpc) is 3.29. The molecule has 0 aromatic heterocycles. The lowest BCUT2D eigenvalue weighted by Crippen LogP contribution is -2.25. The Bertz CT molecular complexity index is 1310.